The van der Waals surface area contributed by atoms with Crippen molar-refractivity contribution in [2.75, 3.05) is 0 Å². The molecule has 2 heterocycles. The standard InChI is InChI=1S/C15H16N4O2/c1-4-19-13-11(14(20)18-15(19)21)16-12(17-13)10-7-8(2)5-6-9(10)3/h5-7H,4H2,1-3H3,(H,16,17)(H,18,20,21). The molecule has 0 unspecified atom stereocenters. The molecule has 0 bridgehead atoms. The first-order valence-electron chi connectivity index (χ1n) is 6.81. The Hall–Kier alpha value is -2.63. The Kier molecular flexibility index (Phi) is 3.01. The predicted octanol–water partition coefficient (Wildman–Crippen LogP) is 1.72. The summed E-state index contributed by atoms with van der Waals surface area (Å²) in [6.07, 6.45) is 0. The van der Waals surface area contributed by atoms with Gasteiger partial charge in [0, 0.05) is 12.1 Å². The second-order valence-corrected chi connectivity index (χ2v) is 5.11. The minimum absolute atomic E-state index is 0.326. The summed E-state index contributed by atoms with van der Waals surface area (Å²) in [7, 11) is 0. The van der Waals surface area contributed by atoms with Gasteiger partial charge in [0.15, 0.2) is 5.65 Å². The number of hydrogen-bond acceptors (Lipinski definition) is 3. The molecular formula is C15H16N4O2. The van der Waals surface area contributed by atoms with Crippen LogP contribution in [-0.2, 0) is 6.54 Å². The monoisotopic (exact) mass is 284 g/mol. The highest BCUT2D eigenvalue weighted by Crippen LogP contribution is 2.23. The maximum Gasteiger partial charge on any atom is 0.330 e. The molecule has 0 aliphatic heterocycles. The highest BCUT2D eigenvalue weighted by Gasteiger charge is 2.14. The summed E-state index contributed by atoms with van der Waals surface area (Å²) in [6.45, 7) is 6.27. The van der Waals surface area contributed by atoms with Crippen molar-refractivity contribution in [1.29, 1.82) is 0 Å². The van der Waals surface area contributed by atoms with E-state index in [1.807, 2.05) is 39.0 Å². The predicted molar refractivity (Wildman–Crippen MR) is 81.6 cm³/mol. The summed E-state index contributed by atoms with van der Waals surface area (Å²) in [6, 6.07) is 6.04. The molecule has 2 N–H and O–H groups in total. The number of benzene rings is 1. The number of fused-ring (bicyclic) bond motifs is 1. The SMILES string of the molecule is CCn1c(=O)[nH]c(=O)c2[nH]c(-c3cc(C)ccc3C)nc21. The van der Waals surface area contributed by atoms with Crippen LogP contribution in [0.5, 0.6) is 0 Å². The van der Waals surface area contributed by atoms with Crippen LogP contribution in [0.25, 0.3) is 22.6 Å². The molecule has 1 aromatic carbocycles. The normalized spacial score (nSPS) is 11.2. The number of aromatic amines is 2. The van der Waals surface area contributed by atoms with Gasteiger partial charge in [0.1, 0.15) is 11.3 Å². The maximum absolute atomic E-state index is 11.9. The molecule has 0 radical (unpaired) electrons. The van der Waals surface area contributed by atoms with E-state index >= 15 is 0 Å². The zero-order chi connectivity index (χ0) is 15.1. The van der Waals surface area contributed by atoms with Crippen LogP contribution in [0.3, 0.4) is 0 Å². The average molecular weight is 284 g/mol. The molecule has 6 heteroatoms. The molecule has 2 aromatic heterocycles. The fraction of sp³-hybridized carbons (Fsp3) is 0.267. The lowest BCUT2D eigenvalue weighted by Crippen LogP contribution is -2.29. The fourth-order valence-corrected chi connectivity index (χ4v) is 2.45. The first kappa shape index (κ1) is 13.4. The number of hydrogen-bond donors (Lipinski definition) is 2. The average Bonchev–Trinajstić information content (AvgIpc) is 2.87. The van der Waals surface area contributed by atoms with Gasteiger partial charge in [-0.05, 0) is 32.4 Å². The van der Waals surface area contributed by atoms with Crippen LogP contribution in [0.4, 0.5) is 0 Å². The highest BCUT2D eigenvalue weighted by molar-refractivity contribution is 5.76. The van der Waals surface area contributed by atoms with Crippen LogP contribution in [-0.4, -0.2) is 19.5 Å². The van der Waals surface area contributed by atoms with Crippen LogP contribution in [0.15, 0.2) is 27.8 Å². The molecule has 0 atom stereocenters. The first-order chi connectivity index (χ1) is 10.0. The van der Waals surface area contributed by atoms with Crippen molar-refractivity contribution < 1.29 is 0 Å². The van der Waals surface area contributed by atoms with Crippen molar-refractivity contribution in [1.82, 2.24) is 19.5 Å². The van der Waals surface area contributed by atoms with Gasteiger partial charge in [0.05, 0.1) is 0 Å². The van der Waals surface area contributed by atoms with Gasteiger partial charge in [-0.2, -0.15) is 0 Å². The summed E-state index contributed by atoms with van der Waals surface area (Å²) in [4.78, 5) is 33.5. The van der Waals surface area contributed by atoms with Gasteiger partial charge in [-0.15, -0.1) is 0 Å². The van der Waals surface area contributed by atoms with Crippen molar-refractivity contribution in [3.05, 3.63) is 50.2 Å². The van der Waals surface area contributed by atoms with Crippen LogP contribution in [0, 0.1) is 13.8 Å². The molecule has 0 aliphatic carbocycles. The third-order valence-electron chi connectivity index (χ3n) is 3.60. The van der Waals surface area contributed by atoms with E-state index in [2.05, 4.69) is 15.0 Å². The molecule has 0 spiro atoms. The van der Waals surface area contributed by atoms with E-state index in [1.165, 1.54) is 4.57 Å². The minimum atomic E-state index is -0.441. The van der Waals surface area contributed by atoms with Gasteiger partial charge < -0.3 is 4.98 Å². The molecule has 0 aliphatic rings. The fourth-order valence-electron chi connectivity index (χ4n) is 2.45. The van der Waals surface area contributed by atoms with Crippen molar-refractivity contribution in [2.45, 2.75) is 27.3 Å². The molecule has 0 saturated carbocycles. The molecule has 3 rings (SSSR count). The largest absolute Gasteiger partial charge is 0.332 e. The van der Waals surface area contributed by atoms with Crippen molar-refractivity contribution in [3.63, 3.8) is 0 Å². The summed E-state index contributed by atoms with van der Waals surface area (Å²) in [5.41, 5.74) is 2.94. The number of aryl methyl sites for hydroxylation is 3. The van der Waals surface area contributed by atoms with E-state index in [1.54, 1.807) is 0 Å². The van der Waals surface area contributed by atoms with E-state index < -0.39 is 11.2 Å². The lowest BCUT2D eigenvalue weighted by molar-refractivity contribution is 0.720. The topological polar surface area (TPSA) is 83.5 Å². The van der Waals surface area contributed by atoms with Gasteiger partial charge in [0.25, 0.3) is 5.56 Å². The zero-order valence-electron chi connectivity index (χ0n) is 12.2. The van der Waals surface area contributed by atoms with Crippen LogP contribution in [0.1, 0.15) is 18.1 Å². The number of rotatable bonds is 2. The highest BCUT2D eigenvalue weighted by atomic mass is 16.2. The van der Waals surface area contributed by atoms with Crippen molar-refractivity contribution in [3.8, 4) is 11.4 Å². The van der Waals surface area contributed by atoms with Crippen molar-refractivity contribution >= 4 is 11.2 Å². The Bertz CT molecular complexity index is 946. The molecular weight excluding hydrogens is 268 g/mol. The van der Waals surface area contributed by atoms with E-state index in [0.717, 1.165) is 16.7 Å². The second kappa shape index (κ2) is 4.73. The lowest BCUT2D eigenvalue weighted by atomic mass is 10.1. The smallest absolute Gasteiger partial charge is 0.330 e. The number of H-pyrrole nitrogens is 2. The third kappa shape index (κ3) is 2.08. The lowest BCUT2D eigenvalue weighted by Gasteiger charge is -2.03. The van der Waals surface area contributed by atoms with Crippen LogP contribution in [0.2, 0.25) is 0 Å². The van der Waals surface area contributed by atoms with Gasteiger partial charge in [-0.1, -0.05) is 17.7 Å². The van der Waals surface area contributed by atoms with E-state index in [0.29, 0.717) is 23.5 Å². The number of nitrogens with one attached hydrogen (secondary N) is 2. The van der Waals surface area contributed by atoms with Gasteiger partial charge >= 0.3 is 5.69 Å². The first-order valence-corrected chi connectivity index (χ1v) is 6.81. The third-order valence-corrected chi connectivity index (χ3v) is 3.60. The van der Waals surface area contributed by atoms with Crippen molar-refractivity contribution in [2.24, 2.45) is 0 Å². The molecule has 21 heavy (non-hydrogen) atoms. The molecule has 108 valence electrons. The zero-order valence-corrected chi connectivity index (χ0v) is 12.2. The molecule has 0 fully saturated rings. The minimum Gasteiger partial charge on any atom is -0.332 e. The molecule has 3 aromatic rings. The number of aromatic nitrogens is 4. The number of imidazole rings is 1. The van der Waals surface area contributed by atoms with Crippen LogP contribution < -0.4 is 11.2 Å². The Morgan fingerprint density at radius 2 is 1.95 bits per heavy atom. The number of nitrogens with zero attached hydrogens (tertiary/aromatic N) is 2. The Morgan fingerprint density at radius 1 is 1.19 bits per heavy atom. The van der Waals surface area contributed by atoms with Crippen LogP contribution >= 0.6 is 0 Å². The van der Waals surface area contributed by atoms with Gasteiger partial charge in [-0.25, -0.2) is 9.78 Å². The van der Waals surface area contributed by atoms with E-state index in [9.17, 15) is 9.59 Å². The molecule has 6 nitrogen and oxygen atoms in total. The quantitative estimate of drug-likeness (QED) is 0.751. The van der Waals surface area contributed by atoms with Gasteiger partial charge in [0.2, 0.25) is 0 Å². The summed E-state index contributed by atoms with van der Waals surface area (Å²) in [5.74, 6) is 0.601. The van der Waals surface area contributed by atoms with Gasteiger partial charge in [-0.3, -0.25) is 14.3 Å². The summed E-state index contributed by atoms with van der Waals surface area (Å²) < 4.78 is 1.45. The maximum atomic E-state index is 11.9. The summed E-state index contributed by atoms with van der Waals surface area (Å²) >= 11 is 0. The second-order valence-electron chi connectivity index (χ2n) is 5.11. The van der Waals surface area contributed by atoms with E-state index in [-0.39, 0.29) is 0 Å². The molecule has 0 saturated heterocycles. The molecule has 0 amide bonds. The Labute approximate surface area is 120 Å². The summed E-state index contributed by atoms with van der Waals surface area (Å²) in [5, 5.41) is 0. The Morgan fingerprint density at radius 3 is 2.67 bits per heavy atom. The Balaban J connectivity index is 2.36. The van der Waals surface area contributed by atoms with E-state index in [4.69, 9.17) is 0 Å².